The zero-order valence-corrected chi connectivity index (χ0v) is 46.4. The molecule has 1 heterocycles. The van der Waals surface area contributed by atoms with Crippen molar-refractivity contribution >= 4 is 77.0 Å². The van der Waals surface area contributed by atoms with Crippen LogP contribution in [0.1, 0.15) is 140 Å². The second-order valence-corrected chi connectivity index (χ2v) is 32.6. The van der Waals surface area contributed by atoms with Crippen molar-refractivity contribution in [1.82, 2.24) is 0 Å². The second kappa shape index (κ2) is 29.7. The molecule has 1 aliphatic heterocycles. The van der Waals surface area contributed by atoms with Gasteiger partial charge in [-0.3, -0.25) is 4.79 Å². The number of rotatable bonds is 20. The minimum absolute atomic E-state index is 0.128. The molecule has 2 unspecified atom stereocenters. The Morgan fingerprint density at radius 3 is 1.41 bits per heavy atom. The van der Waals surface area contributed by atoms with E-state index >= 15 is 0 Å². The minimum atomic E-state index is -2.49. The molecule has 3 fully saturated rings. The summed E-state index contributed by atoms with van der Waals surface area (Å²) in [4.78, 5) is 10.0. The Hall–Kier alpha value is -0.300. The second-order valence-electron chi connectivity index (χ2n) is 17.3. The number of ether oxygens (including phenoxy) is 4. The maximum atomic E-state index is 10.0. The Morgan fingerprint density at radius 2 is 1.06 bits per heavy atom. The lowest BCUT2D eigenvalue weighted by Crippen LogP contribution is -2.34. The van der Waals surface area contributed by atoms with E-state index in [0.717, 1.165) is 28.4 Å². The summed E-state index contributed by atoms with van der Waals surface area (Å²) in [6.07, 6.45) is 14.4. The van der Waals surface area contributed by atoms with E-state index in [2.05, 4.69) is 70.2 Å². The van der Waals surface area contributed by atoms with Crippen LogP contribution < -0.4 is 14.8 Å². The van der Waals surface area contributed by atoms with Crippen molar-refractivity contribution in [3.63, 3.8) is 0 Å². The zero-order chi connectivity index (χ0) is 47.3. The average Bonchev–Trinajstić information content (AvgIpc) is 3.23. The fraction of sp³-hybridized carbons (Fsp3) is 0.723. The maximum absolute atomic E-state index is 10.0. The molecule has 1 N–H and O–H groups in total. The highest BCUT2D eigenvalue weighted by atomic mass is 32.9. The fourth-order valence-corrected chi connectivity index (χ4v) is 22.5. The molecule has 1 saturated heterocycles. The number of carboxylic acid groups (broad SMARTS) is 1. The van der Waals surface area contributed by atoms with E-state index in [4.69, 9.17) is 65.8 Å². The smallest absolute Gasteiger partial charge is 0.308 e. The largest absolute Gasteiger partial charge is 0.490 e. The quantitative estimate of drug-likeness (QED) is 0.127. The summed E-state index contributed by atoms with van der Waals surface area (Å²) in [7, 11) is -0.213. The van der Waals surface area contributed by atoms with Crippen LogP contribution in [0.15, 0.2) is 42.5 Å². The Morgan fingerprint density at radius 1 is 0.688 bits per heavy atom. The van der Waals surface area contributed by atoms with Gasteiger partial charge >= 0.3 is 5.97 Å². The van der Waals surface area contributed by atoms with Gasteiger partial charge in [-0.2, -0.15) is 0 Å². The Balaban J connectivity index is 0.000000308. The van der Waals surface area contributed by atoms with Gasteiger partial charge in [-0.1, -0.05) is 76.8 Å². The van der Waals surface area contributed by atoms with Crippen molar-refractivity contribution in [3.05, 3.63) is 42.5 Å². The Labute approximate surface area is 406 Å². The van der Waals surface area contributed by atoms with E-state index in [1.54, 1.807) is 26.1 Å². The van der Waals surface area contributed by atoms with Gasteiger partial charge in [0, 0.05) is 0 Å². The molecule has 64 heavy (non-hydrogen) atoms. The molecule has 0 spiro atoms. The van der Waals surface area contributed by atoms with Gasteiger partial charge in [0.05, 0.1) is 62.8 Å². The lowest BCUT2D eigenvalue weighted by Gasteiger charge is -2.39. The van der Waals surface area contributed by atoms with Crippen molar-refractivity contribution in [2.45, 2.75) is 175 Å². The van der Waals surface area contributed by atoms with Crippen molar-refractivity contribution in [2.24, 2.45) is 5.41 Å². The Bertz CT molecular complexity index is 1650. The predicted octanol–water partition coefficient (Wildman–Crippen LogP) is 14.6. The van der Waals surface area contributed by atoms with Crippen LogP contribution in [-0.4, -0.2) is 85.1 Å². The monoisotopic (exact) mass is 1020 g/mol. The fourth-order valence-electron chi connectivity index (χ4n) is 7.53. The number of hydrogen-bond acceptors (Lipinski definition) is 13. The summed E-state index contributed by atoms with van der Waals surface area (Å²) >= 11 is 13.9. The average molecular weight is 1030 g/mol. The van der Waals surface area contributed by atoms with E-state index in [1.807, 2.05) is 27.7 Å². The molecule has 2 aromatic carbocycles. The van der Waals surface area contributed by atoms with Crippen LogP contribution in [0.5, 0.6) is 11.5 Å². The molecule has 366 valence electrons. The van der Waals surface area contributed by atoms with E-state index in [1.165, 1.54) is 92.5 Å². The zero-order valence-electron chi connectivity index (χ0n) is 40.4. The van der Waals surface area contributed by atoms with E-state index in [0.29, 0.717) is 39.6 Å². The van der Waals surface area contributed by atoms with E-state index < -0.39 is 22.8 Å². The molecule has 0 bridgehead atoms. The van der Waals surface area contributed by atoms with E-state index in [9.17, 15) is 4.79 Å². The summed E-state index contributed by atoms with van der Waals surface area (Å²) in [5.41, 5.74) is -2.00. The van der Waals surface area contributed by atoms with Crippen molar-refractivity contribution in [2.75, 3.05) is 39.6 Å². The van der Waals surface area contributed by atoms with Crippen LogP contribution >= 0.6 is 42.1 Å². The first kappa shape index (κ1) is 58.0. The molecule has 2 aromatic rings. The molecular formula is C47H79O10P3S4. The molecule has 0 aromatic heterocycles. The third-order valence-electron chi connectivity index (χ3n) is 10.2. The first-order chi connectivity index (χ1) is 30.4. The molecule has 10 nitrogen and oxygen atoms in total. The SMILES string of the molecule is CC(C)(C)C(=O)O.CC(C)Oc1cccc(OC(C)C)c1-c1ccccc1P(C1CCCCC1)C1CCCCC1.CCOP(=S)(OCC)SC1OCCOC1SP(=S)(OCC)OCC. The summed E-state index contributed by atoms with van der Waals surface area (Å²) in [5, 5.41) is 9.85. The highest BCUT2D eigenvalue weighted by Gasteiger charge is 2.39. The number of aliphatic carboxylic acids is 1. The highest BCUT2D eigenvalue weighted by molar-refractivity contribution is 8.69. The molecule has 2 saturated carbocycles. The van der Waals surface area contributed by atoms with Gasteiger partial charge in [-0.25, -0.2) is 0 Å². The summed E-state index contributed by atoms with van der Waals surface area (Å²) in [6.45, 7) is 24.0. The molecule has 2 atom stereocenters. The van der Waals surface area contributed by atoms with Gasteiger partial charge in [0.2, 0.25) is 11.4 Å². The van der Waals surface area contributed by atoms with Crippen molar-refractivity contribution < 1.29 is 46.9 Å². The number of carboxylic acids is 1. The number of benzene rings is 2. The Kier molecular flexibility index (Phi) is 26.9. The normalized spacial score (nSPS) is 19.2. The van der Waals surface area contributed by atoms with Crippen LogP contribution in [0, 0.1) is 5.41 Å². The molecular weight excluding hydrogens is 946 g/mol. The molecule has 5 rings (SSSR count). The van der Waals surface area contributed by atoms with E-state index in [-0.39, 0.29) is 31.0 Å². The topological polar surface area (TPSA) is 111 Å². The summed E-state index contributed by atoms with van der Waals surface area (Å²) in [5.74, 6) is 1.16. The van der Waals surface area contributed by atoms with Crippen molar-refractivity contribution in [1.29, 1.82) is 0 Å². The predicted molar refractivity (Wildman–Crippen MR) is 281 cm³/mol. The van der Waals surface area contributed by atoms with Crippen LogP contribution in [0.4, 0.5) is 0 Å². The van der Waals surface area contributed by atoms with Crippen LogP contribution in [0.3, 0.4) is 0 Å². The summed E-state index contributed by atoms with van der Waals surface area (Å²) in [6, 6.07) is 15.6. The van der Waals surface area contributed by atoms with Gasteiger partial charge in [0.15, 0.2) is 0 Å². The third kappa shape index (κ3) is 19.6. The maximum Gasteiger partial charge on any atom is 0.308 e. The van der Waals surface area contributed by atoms with Gasteiger partial charge in [-0.15, -0.1) is 0 Å². The van der Waals surface area contributed by atoms with Crippen LogP contribution in [-0.2, 0) is 56.0 Å². The lowest BCUT2D eigenvalue weighted by molar-refractivity contribution is -0.145. The lowest BCUT2D eigenvalue weighted by atomic mass is 9.98. The number of hydrogen-bond donors (Lipinski definition) is 1. The van der Waals surface area contributed by atoms with Gasteiger partial charge in [0.25, 0.3) is 0 Å². The molecule has 2 aliphatic carbocycles. The van der Waals surface area contributed by atoms with Crippen LogP contribution in [0.2, 0.25) is 0 Å². The highest BCUT2D eigenvalue weighted by Crippen LogP contribution is 2.68. The first-order valence-electron chi connectivity index (χ1n) is 23.4. The molecule has 0 amide bonds. The molecule has 0 radical (unpaired) electrons. The number of carbonyl (C=O) groups is 1. The first-order valence-corrected chi connectivity index (χ1v) is 33.1. The summed E-state index contributed by atoms with van der Waals surface area (Å²) < 4.78 is 47.2. The van der Waals surface area contributed by atoms with Crippen molar-refractivity contribution in [3.8, 4) is 22.6 Å². The molecule has 3 aliphatic rings. The third-order valence-corrected chi connectivity index (χ3v) is 24.8. The van der Waals surface area contributed by atoms with Gasteiger partial charge in [0.1, 0.15) is 22.4 Å². The minimum Gasteiger partial charge on any atom is -0.490 e. The molecule has 17 heteroatoms. The van der Waals surface area contributed by atoms with Gasteiger partial charge in [-0.05, 0) is 183 Å². The van der Waals surface area contributed by atoms with Gasteiger partial charge < -0.3 is 42.1 Å². The standard InChI is InChI=1S/C30H43O2P.C12H26O6P2S4.C5H10O2/c1-22(2)31-27-19-13-20-28(32-23(3)4)30(27)26-18-11-12-21-29(26)33(24-14-7-5-8-15-24)25-16-9-6-10-17-25;1-5-15-19(21,16-6-2)23-11-12(14-10-9-13-11)24-20(22,17-7-3)18-8-4;1-5(2,3)4(6)7/h11-13,18-25H,5-10,14-17H2,1-4H3;11-12H,5-10H2,1-4H3;1-3H3,(H,6,7). The van der Waals surface area contributed by atoms with Crippen LogP contribution in [0.25, 0.3) is 11.1 Å².